The molecule has 3 rings (SSSR count). The molecule has 2 aromatic rings. The molecular formula is C15H12Br2N2S. The van der Waals surface area contributed by atoms with Crippen LogP contribution in [-0.4, -0.2) is 5.04 Å². The monoisotopic (exact) mass is 410 g/mol. The van der Waals surface area contributed by atoms with Gasteiger partial charge < -0.3 is 0 Å². The Bertz CT molecular complexity index is 637. The van der Waals surface area contributed by atoms with Crippen LogP contribution in [0.3, 0.4) is 0 Å². The molecule has 0 atom stereocenters. The van der Waals surface area contributed by atoms with Gasteiger partial charge >= 0.3 is 0 Å². The second-order valence-electron chi connectivity index (χ2n) is 4.05. The van der Waals surface area contributed by atoms with E-state index in [-0.39, 0.29) is 17.0 Å². The van der Waals surface area contributed by atoms with Crippen LogP contribution < -0.4 is 5.43 Å². The number of halogens is 2. The first kappa shape index (κ1) is 15.4. The predicted octanol–water partition coefficient (Wildman–Crippen LogP) is 5.02. The zero-order valence-corrected chi connectivity index (χ0v) is 14.5. The van der Waals surface area contributed by atoms with Gasteiger partial charge in [0.25, 0.3) is 0 Å². The van der Waals surface area contributed by atoms with Crippen molar-refractivity contribution in [2.24, 2.45) is 5.10 Å². The van der Waals surface area contributed by atoms with Gasteiger partial charge in [0.15, 0.2) is 0 Å². The van der Waals surface area contributed by atoms with E-state index in [2.05, 4.69) is 56.1 Å². The number of nitrogens with one attached hydrogen (secondary N) is 1. The summed E-state index contributed by atoms with van der Waals surface area (Å²) < 4.78 is 1.08. The molecule has 0 fully saturated rings. The third-order valence-corrected chi connectivity index (χ3v) is 4.17. The fourth-order valence-corrected chi connectivity index (χ4v) is 2.81. The maximum absolute atomic E-state index is 4.43. The van der Waals surface area contributed by atoms with E-state index in [0.29, 0.717) is 0 Å². The van der Waals surface area contributed by atoms with Crippen LogP contribution in [0.15, 0.2) is 69.6 Å². The van der Waals surface area contributed by atoms with Crippen molar-refractivity contribution in [2.75, 3.05) is 0 Å². The van der Waals surface area contributed by atoms with Crippen molar-refractivity contribution in [2.45, 2.75) is 0 Å². The molecule has 0 bridgehead atoms. The molecule has 1 heterocycles. The average molecular weight is 412 g/mol. The van der Waals surface area contributed by atoms with Crippen LogP contribution in [0.2, 0.25) is 0 Å². The van der Waals surface area contributed by atoms with Crippen molar-refractivity contribution >= 4 is 55.4 Å². The van der Waals surface area contributed by atoms with Crippen LogP contribution in [-0.2, 0) is 0 Å². The molecule has 0 saturated heterocycles. The highest BCUT2D eigenvalue weighted by Gasteiger charge is 2.10. The van der Waals surface area contributed by atoms with Gasteiger partial charge in [-0.1, -0.05) is 70.2 Å². The normalized spacial score (nSPS) is 13.7. The Morgan fingerprint density at radius 2 is 1.60 bits per heavy atom. The highest BCUT2D eigenvalue weighted by Crippen LogP contribution is 2.25. The third kappa shape index (κ3) is 3.53. The topological polar surface area (TPSA) is 24.4 Å². The van der Waals surface area contributed by atoms with Gasteiger partial charge in [-0.2, -0.15) is 5.10 Å². The second-order valence-corrected chi connectivity index (χ2v) is 5.82. The van der Waals surface area contributed by atoms with E-state index in [1.807, 2.05) is 30.3 Å². The summed E-state index contributed by atoms with van der Waals surface area (Å²) in [5.41, 5.74) is 6.40. The number of hydrogen-bond acceptors (Lipinski definition) is 3. The number of nitrogens with zero attached hydrogens (tertiary/aromatic N) is 1. The number of thioether (sulfide) groups is 1. The summed E-state index contributed by atoms with van der Waals surface area (Å²) in [6.07, 6.45) is 0. The number of hydrogen-bond donors (Lipinski definition) is 1. The maximum Gasteiger partial charge on any atom is 0.128 e. The summed E-state index contributed by atoms with van der Waals surface area (Å²) in [5, 5.41) is 7.51. The lowest BCUT2D eigenvalue weighted by molar-refractivity contribution is 0.996. The fourth-order valence-electron chi connectivity index (χ4n) is 1.75. The van der Waals surface area contributed by atoms with Gasteiger partial charge in [-0.05, 0) is 12.1 Å². The SMILES string of the molecule is Br.Brc1ccc(C2=CSC(c3ccccc3)=NN2)cc1. The Kier molecular flexibility index (Phi) is 5.46. The molecule has 0 aromatic heterocycles. The molecule has 0 unspecified atom stereocenters. The van der Waals surface area contributed by atoms with Crippen molar-refractivity contribution in [3.8, 4) is 0 Å². The zero-order valence-electron chi connectivity index (χ0n) is 10.4. The highest BCUT2D eigenvalue weighted by molar-refractivity contribution is 9.10. The van der Waals surface area contributed by atoms with E-state index >= 15 is 0 Å². The Hall–Kier alpha value is -1.04. The Morgan fingerprint density at radius 1 is 0.900 bits per heavy atom. The third-order valence-electron chi connectivity index (χ3n) is 2.74. The van der Waals surface area contributed by atoms with Gasteiger partial charge in [0, 0.05) is 21.0 Å². The van der Waals surface area contributed by atoms with Gasteiger partial charge in [0.1, 0.15) is 5.04 Å². The minimum absolute atomic E-state index is 0. The summed E-state index contributed by atoms with van der Waals surface area (Å²) in [7, 11) is 0. The largest absolute Gasteiger partial charge is 0.276 e. The molecule has 102 valence electrons. The quantitative estimate of drug-likeness (QED) is 0.749. The van der Waals surface area contributed by atoms with Crippen molar-refractivity contribution in [3.63, 3.8) is 0 Å². The van der Waals surface area contributed by atoms with Crippen molar-refractivity contribution in [1.82, 2.24) is 5.43 Å². The Balaban J connectivity index is 0.00000147. The van der Waals surface area contributed by atoms with E-state index in [4.69, 9.17) is 0 Å². The van der Waals surface area contributed by atoms with Crippen molar-refractivity contribution < 1.29 is 0 Å². The summed E-state index contributed by atoms with van der Waals surface area (Å²) in [6, 6.07) is 18.3. The smallest absolute Gasteiger partial charge is 0.128 e. The summed E-state index contributed by atoms with van der Waals surface area (Å²) in [6.45, 7) is 0. The van der Waals surface area contributed by atoms with Gasteiger partial charge in [0.05, 0.1) is 5.70 Å². The molecule has 0 spiro atoms. The fraction of sp³-hybridized carbons (Fsp3) is 0. The maximum atomic E-state index is 4.43. The lowest BCUT2D eigenvalue weighted by Crippen LogP contribution is -2.12. The van der Waals surface area contributed by atoms with Gasteiger partial charge in [0.2, 0.25) is 0 Å². The van der Waals surface area contributed by atoms with Crippen molar-refractivity contribution in [1.29, 1.82) is 0 Å². The van der Waals surface area contributed by atoms with Crippen LogP contribution >= 0.6 is 44.7 Å². The molecule has 0 saturated carbocycles. The average Bonchev–Trinajstić information content (AvgIpc) is 2.49. The van der Waals surface area contributed by atoms with Gasteiger partial charge in [-0.25, -0.2) is 0 Å². The molecule has 0 amide bonds. The van der Waals surface area contributed by atoms with Gasteiger partial charge in [-0.15, -0.1) is 17.0 Å². The van der Waals surface area contributed by atoms with E-state index in [1.54, 1.807) is 11.8 Å². The molecule has 1 aliphatic heterocycles. The van der Waals surface area contributed by atoms with Crippen LogP contribution in [0.25, 0.3) is 5.70 Å². The zero-order chi connectivity index (χ0) is 13.1. The summed E-state index contributed by atoms with van der Waals surface area (Å²) in [4.78, 5) is 0. The summed E-state index contributed by atoms with van der Waals surface area (Å²) >= 11 is 5.07. The second kappa shape index (κ2) is 7.11. The lowest BCUT2D eigenvalue weighted by atomic mass is 10.2. The lowest BCUT2D eigenvalue weighted by Gasteiger charge is -2.14. The van der Waals surface area contributed by atoms with Crippen molar-refractivity contribution in [3.05, 3.63) is 75.6 Å². The minimum atomic E-state index is 0. The molecular weight excluding hydrogens is 400 g/mol. The van der Waals surface area contributed by atoms with Crippen LogP contribution in [0.4, 0.5) is 0 Å². The molecule has 0 aliphatic carbocycles. The predicted molar refractivity (Wildman–Crippen MR) is 96.1 cm³/mol. The number of hydrazone groups is 1. The molecule has 5 heteroatoms. The summed E-state index contributed by atoms with van der Waals surface area (Å²) in [5.74, 6) is 0. The molecule has 1 N–H and O–H groups in total. The van der Waals surface area contributed by atoms with Gasteiger partial charge in [-0.3, -0.25) is 5.43 Å². The molecule has 1 aliphatic rings. The molecule has 20 heavy (non-hydrogen) atoms. The van der Waals surface area contributed by atoms with Crippen LogP contribution in [0, 0.1) is 0 Å². The molecule has 0 radical (unpaired) electrons. The Labute approximate surface area is 141 Å². The van der Waals surface area contributed by atoms with E-state index < -0.39 is 0 Å². The van der Waals surface area contributed by atoms with E-state index in [9.17, 15) is 0 Å². The first-order chi connectivity index (χ1) is 9.33. The van der Waals surface area contributed by atoms with E-state index in [1.165, 1.54) is 0 Å². The number of benzene rings is 2. The highest BCUT2D eigenvalue weighted by atomic mass is 79.9. The standard InChI is InChI=1S/C15H11BrN2S.BrH/c16-13-8-6-11(7-9-13)14-10-19-15(18-17-14)12-4-2-1-3-5-12;/h1-10,17H;1H. The molecule has 2 nitrogen and oxygen atoms in total. The van der Waals surface area contributed by atoms with E-state index in [0.717, 1.165) is 26.3 Å². The first-order valence-corrected chi connectivity index (χ1v) is 7.52. The molecule has 2 aromatic carbocycles. The first-order valence-electron chi connectivity index (χ1n) is 5.85. The Morgan fingerprint density at radius 3 is 2.20 bits per heavy atom. The minimum Gasteiger partial charge on any atom is -0.276 e. The van der Waals surface area contributed by atoms with Crippen LogP contribution in [0.5, 0.6) is 0 Å². The number of rotatable bonds is 2. The van der Waals surface area contributed by atoms with Crippen LogP contribution in [0.1, 0.15) is 11.1 Å².